The Balaban J connectivity index is 1.85. The number of allylic oxidation sites excluding steroid dienone is 3. The van der Waals surface area contributed by atoms with Crippen LogP contribution < -0.4 is 0 Å². The number of hydrogen-bond acceptors (Lipinski definition) is 2. The molecular weight excluding hydrogens is 260 g/mol. The van der Waals surface area contributed by atoms with Gasteiger partial charge < -0.3 is 0 Å². The molecular formula is C19H22O2. The second-order valence-corrected chi connectivity index (χ2v) is 7.67. The van der Waals surface area contributed by atoms with Gasteiger partial charge in [-0.25, -0.2) is 0 Å². The lowest BCUT2D eigenvalue weighted by atomic mass is 9.53. The van der Waals surface area contributed by atoms with E-state index in [9.17, 15) is 9.59 Å². The topological polar surface area (TPSA) is 34.1 Å². The summed E-state index contributed by atoms with van der Waals surface area (Å²) in [5, 5.41) is 0. The second-order valence-electron chi connectivity index (χ2n) is 7.67. The average molecular weight is 282 g/mol. The van der Waals surface area contributed by atoms with E-state index in [4.69, 9.17) is 0 Å². The van der Waals surface area contributed by atoms with Crippen LogP contribution in [-0.2, 0) is 9.59 Å². The SMILES string of the molecule is C[C@]12CCC(=O)C=C1CC[C@@H]1C2=C=C[C@]2(C)C(=O)CC[C@@H]12. The maximum atomic E-state index is 12.3. The van der Waals surface area contributed by atoms with Gasteiger partial charge in [0.2, 0.25) is 0 Å². The summed E-state index contributed by atoms with van der Waals surface area (Å²) in [7, 11) is 0. The molecule has 0 N–H and O–H groups in total. The van der Waals surface area contributed by atoms with Gasteiger partial charge in [0.1, 0.15) is 5.78 Å². The molecule has 4 atom stereocenters. The van der Waals surface area contributed by atoms with Crippen molar-refractivity contribution < 1.29 is 9.59 Å². The highest BCUT2D eigenvalue weighted by Crippen LogP contribution is 2.60. The van der Waals surface area contributed by atoms with Crippen LogP contribution in [0.1, 0.15) is 52.4 Å². The van der Waals surface area contributed by atoms with Crippen LogP contribution >= 0.6 is 0 Å². The molecule has 0 aromatic rings. The quantitative estimate of drug-likeness (QED) is 0.634. The first-order valence-corrected chi connectivity index (χ1v) is 8.20. The Bertz CT molecular complexity index is 646. The van der Waals surface area contributed by atoms with E-state index in [1.807, 2.05) is 6.08 Å². The molecule has 0 saturated heterocycles. The van der Waals surface area contributed by atoms with Crippen LogP contribution in [0.5, 0.6) is 0 Å². The number of carbonyl (C=O) groups is 2. The molecule has 4 rings (SSSR count). The van der Waals surface area contributed by atoms with Crippen LogP contribution in [0.25, 0.3) is 0 Å². The number of ketones is 2. The van der Waals surface area contributed by atoms with Crippen molar-refractivity contribution in [2.45, 2.75) is 52.4 Å². The number of hydrogen-bond donors (Lipinski definition) is 0. The van der Waals surface area contributed by atoms with E-state index in [1.165, 1.54) is 11.1 Å². The predicted octanol–water partition coefficient (Wildman–Crippen LogP) is 3.77. The first-order chi connectivity index (χ1) is 9.95. The monoisotopic (exact) mass is 282 g/mol. The molecule has 2 fully saturated rings. The van der Waals surface area contributed by atoms with Crippen LogP contribution in [0, 0.1) is 22.7 Å². The smallest absolute Gasteiger partial charge is 0.155 e. The van der Waals surface area contributed by atoms with Gasteiger partial charge in [-0.2, -0.15) is 0 Å². The number of rotatable bonds is 0. The molecule has 4 aliphatic carbocycles. The lowest BCUT2D eigenvalue weighted by Crippen LogP contribution is -2.42. The van der Waals surface area contributed by atoms with Crippen molar-refractivity contribution in [3.8, 4) is 0 Å². The zero-order valence-electron chi connectivity index (χ0n) is 12.9. The minimum absolute atomic E-state index is 0.0142. The Kier molecular flexibility index (Phi) is 2.58. The van der Waals surface area contributed by atoms with E-state index < -0.39 is 0 Å². The molecule has 2 saturated carbocycles. The maximum Gasteiger partial charge on any atom is 0.155 e. The summed E-state index contributed by atoms with van der Waals surface area (Å²) in [5.74, 6) is 1.62. The molecule has 2 nitrogen and oxygen atoms in total. The van der Waals surface area contributed by atoms with Crippen molar-refractivity contribution in [3.05, 3.63) is 29.0 Å². The van der Waals surface area contributed by atoms with Crippen LogP contribution in [0.15, 0.2) is 29.0 Å². The van der Waals surface area contributed by atoms with E-state index in [-0.39, 0.29) is 16.6 Å². The molecule has 2 heteroatoms. The Morgan fingerprint density at radius 2 is 1.95 bits per heavy atom. The summed E-state index contributed by atoms with van der Waals surface area (Å²) >= 11 is 0. The molecule has 0 heterocycles. The maximum absolute atomic E-state index is 12.3. The molecule has 0 unspecified atom stereocenters. The van der Waals surface area contributed by atoms with Gasteiger partial charge in [0.25, 0.3) is 0 Å². The Labute approximate surface area is 126 Å². The Morgan fingerprint density at radius 1 is 1.14 bits per heavy atom. The third kappa shape index (κ3) is 1.60. The van der Waals surface area contributed by atoms with Crippen molar-refractivity contribution in [3.63, 3.8) is 0 Å². The summed E-state index contributed by atoms with van der Waals surface area (Å²) in [6.07, 6.45) is 9.36. The van der Waals surface area contributed by atoms with Crippen LogP contribution in [0.2, 0.25) is 0 Å². The third-order valence-electron chi connectivity index (χ3n) is 6.67. The van der Waals surface area contributed by atoms with Gasteiger partial charge in [0, 0.05) is 18.3 Å². The fraction of sp³-hybridized carbons (Fsp3) is 0.632. The fourth-order valence-corrected chi connectivity index (χ4v) is 5.25. The van der Waals surface area contributed by atoms with Gasteiger partial charge >= 0.3 is 0 Å². The van der Waals surface area contributed by atoms with Crippen molar-refractivity contribution in [1.82, 2.24) is 0 Å². The molecule has 110 valence electrons. The van der Waals surface area contributed by atoms with Gasteiger partial charge in [0.05, 0.1) is 5.41 Å². The molecule has 0 bridgehead atoms. The van der Waals surface area contributed by atoms with Gasteiger partial charge in [-0.15, -0.1) is 5.73 Å². The third-order valence-corrected chi connectivity index (χ3v) is 6.67. The van der Waals surface area contributed by atoms with Crippen LogP contribution in [0.3, 0.4) is 0 Å². The molecule has 0 aromatic carbocycles. The number of Topliss-reactive ketones (excluding diaryl/α,β-unsaturated/α-hetero) is 1. The Morgan fingerprint density at radius 3 is 2.76 bits per heavy atom. The highest BCUT2D eigenvalue weighted by molar-refractivity contribution is 5.92. The molecule has 4 aliphatic rings. The standard InChI is InChI=1S/C19H22O2/c1-18-9-7-13(20)11-12(18)3-4-14-15-5-6-17(21)19(15,2)10-8-16(14)18/h10-11,14-15H,3-7,9H2,1-2H3/t14-,15-,18-,19-/m0/s1. The zero-order chi connectivity index (χ0) is 14.8. The average Bonchev–Trinajstić information content (AvgIpc) is 2.76. The molecule has 0 radical (unpaired) electrons. The van der Waals surface area contributed by atoms with Gasteiger partial charge in [0.15, 0.2) is 5.78 Å². The number of carbonyl (C=O) groups excluding carboxylic acids is 2. The zero-order valence-corrected chi connectivity index (χ0v) is 12.9. The van der Waals surface area contributed by atoms with Gasteiger partial charge in [-0.05, 0) is 62.2 Å². The van der Waals surface area contributed by atoms with Crippen molar-refractivity contribution >= 4 is 11.6 Å². The van der Waals surface area contributed by atoms with E-state index in [2.05, 4.69) is 25.7 Å². The molecule has 0 amide bonds. The van der Waals surface area contributed by atoms with E-state index >= 15 is 0 Å². The second kappa shape index (κ2) is 4.08. The molecule has 21 heavy (non-hydrogen) atoms. The largest absolute Gasteiger partial charge is 0.299 e. The lowest BCUT2D eigenvalue weighted by molar-refractivity contribution is -0.124. The Hall–Kier alpha value is -1.40. The summed E-state index contributed by atoms with van der Waals surface area (Å²) < 4.78 is 0. The molecule has 0 spiro atoms. The predicted molar refractivity (Wildman–Crippen MR) is 80.6 cm³/mol. The van der Waals surface area contributed by atoms with Gasteiger partial charge in [-0.3, -0.25) is 9.59 Å². The summed E-state index contributed by atoms with van der Waals surface area (Å²) in [6.45, 7) is 4.39. The highest BCUT2D eigenvalue weighted by Gasteiger charge is 2.54. The summed E-state index contributed by atoms with van der Waals surface area (Å²) in [5.41, 5.74) is 5.95. The normalized spacial score (nSPS) is 44.7. The van der Waals surface area contributed by atoms with Crippen LogP contribution in [-0.4, -0.2) is 11.6 Å². The number of fused-ring (bicyclic) bond motifs is 5. The summed E-state index contributed by atoms with van der Waals surface area (Å²) in [4.78, 5) is 24.0. The van der Waals surface area contributed by atoms with E-state index in [1.54, 1.807) is 0 Å². The van der Waals surface area contributed by atoms with E-state index in [0.29, 0.717) is 24.0 Å². The minimum Gasteiger partial charge on any atom is -0.299 e. The van der Waals surface area contributed by atoms with Crippen molar-refractivity contribution in [2.24, 2.45) is 22.7 Å². The first-order valence-electron chi connectivity index (χ1n) is 8.20. The molecule has 0 aliphatic heterocycles. The van der Waals surface area contributed by atoms with Crippen LogP contribution in [0.4, 0.5) is 0 Å². The van der Waals surface area contributed by atoms with Crippen molar-refractivity contribution in [2.75, 3.05) is 0 Å². The summed E-state index contributed by atoms with van der Waals surface area (Å²) in [6, 6.07) is 0. The first kappa shape index (κ1) is 13.3. The fourth-order valence-electron chi connectivity index (χ4n) is 5.25. The highest BCUT2D eigenvalue weighted by atomic mass is 16.1. The van der Waals surface area contributed by atoms with E-state index in [0.717, 1.165) is 32.1 Å². The lowest BCUT2D eigenvalue weighted by Gasteiger charge is -2.49. The minimum atomic E-state index is -0.282. The van der Waals surface area contributed by atoms with Gasteiger partial charge in [-0.1, -0.05) is 12.5 Å². The van der Waals surface area contributed by atoms with Crippen molar-refractivity contribution in [1.29, 1.82) is 0 Å². The molecule has 0 aromatic heterocycles.